The summed E-state index contributed by atoms with van der Waals surface area (Å²) in [6.07, 6.45) is 3.24. The molecule has 7 heteroatoms. The molecule has 2 aromatic carbocycles. The van der Waals surface area contributed by atoms with Crippen LogP contribution in [0, 0.1) is 6.92 Å². The van der Waals surface area contributed by atoms with Crippen LogP contribution in [0.3, 0.4) is 0 Å². The van der Waals surface area contributed by atoms with Crippen LogP contribution in [0.25, 0.3) is 11.2 Å². The van der Waals surface area contributed by atoms with Crippen molar-refractivity contribution in [3.63, 3.8) is 0 Å². The van der Waals surface area contributed by atoms with Gasteiger partial charge in [-0.25, -0.2) is 9.97 Å². The maximum atomic E-state index is 5.26. The van der Waals surface area contributed by atoms with Gasteiger partial charge in [0.2, 0.25) is 5.95 Å². The SMILES string of the molecule is COc1cccc(Nc2nc(Nc3ccc(C)cc3)c3nccnc3n2)c1. The molecule has 0 aliphatic heterocycles. The van der Waals surface area contributed by atoms with E-state index in [1.165, 1.54) is 5.56 Å². The Morgan fingerprint density at radius 3 is 2.48 bits per heavy atom. The van der Waals surface area contributed by atoms with E-state index in [2.05, 4.69) is 30.6 Å². The Balaban J connectivity index is 1.72. The standard InChI is InChI=1S/C20H18N6O/c1-13-6-8-14(9-7-13)23-19-17-18(22-11-10-21-17)25-20(26-19)24-15-4-3-5-16(12-15)27-2/h3-12H,1-2H3,(H2,22,23,24,25,26). The van der Waals surface area contributed by atoms with Crippen molar-refractivity contribution in [3.8, 4) is 5.75 Å². The number of benzene rings is 2. The van der Waals surface area contributed by atoms with Gasteiger partial charge in [0.05, 0.1) is 7.11 Å². The van der Waals surface area contributed by atoms with Crippen LogP contribution in [0.1, 0.15) is 5.56 Å². The molecule has 0 bridgehead atoms. The molecule has 2 aromatic heterocycles. The molecule has 2 N–H and O–H groups in total. The van der Waals surface area contributed by atoms with Crippen LogP contribution < -0.4 is 15.4 Å². The molecule has 0 aliphatic carbocycles. The molecule has 27 heavy (non-hydrogen) atoms. The Bertz CT molecular complexity index is 1080. The van der Waals surface area contributed by atoms with Gasteiger partial charge in [-0.05, 0) is 31.2 Å². The quantitative estimate of drug-likeness (QED) is 0.552. The topological polar surface area (TPSA) is 84.9 Å². The lowest BCUT2D eigenvalue weighted by molar-refractivity contribution is 0.415. The average Bonchev–Trinajstić information content (AvgIpc) is 2.70. The number of nitrogens with zero attached hydrogens (tertiary/aromatic N) is 4. The van der Waals surface area contributed by atoms with Gasteiger partial charge in [-0.1, -0.05) is 23.8 Å². The molecule has 0 fully saturated rings. The molecule has 4 aromatic rings. The molecule has 0 spiro atoms. The molecule has 0 atom stereocenters. The number of fused-ring (bicyclic) bond motifs is 1. The zero-order valence-electron chi connectivity index (χ0n) is 15.0. The minimum atomic E-state index is 0.422. The maximum absolute atomic E-state index is 5.26. The van der Waals surface area contributed by atoms with Crippen molar-refractivity contribution in [3.05, 3.63) is 66.5 Å². The van der Waals surface area contributed by atoms with E-state index < -0.39 is 0 Å². The van der Waals surface area contributed by atoms with E-state index in [0.717, 1.165) is 17.1 Å². The number of hydrogen-bond donors (Lipinski definition) is 2. The summed E-state index contributed by atoms with van der Waals surface area (Å²) in [5.74, 6) is 1.76. The largest absolute Gasteiger partial charge is 0.497 e. The number of ether oxygens (including phenoxy) is 1. The molecule has 2 heterocycles. The van der Waals surface area contributed by atoms with Gasteiger partial charge in [0.15, 0.2) is 17.0 Å². The number of nitrogens with one attached hydrogen (secondary N) is 2. The summed E-state index contributed by atoms with van der Waals surface area (Å²) in [5, 5.41) is 6.50. The van der Waals surface area contributed by atoms with Crippen LogP contribution in [-0.2, 0) is 0 Å². The fourth-order valence-corrected chi connectivity index (χ4v) is 2.61. The summed E-state index contributed by atoms with van der Waals surface area (Å²) in [7, 11) is 1.63. The fourth-order valence-electron chi connectivity index (χ4n) is 2.61. The molecule has 0 saturated carbocycles. The highest BCUT2D eigenvalue weighted by Crippen LogP contribution is 2.25. The van der Waals surface area contributed by atoms with E-state index >= 15 is 0 Å². The first kappa shape index (κ1) is 16.7. The van der Waals surface area contributed by atoms with Gasteiger partial charge in [-0.15, -0.1) is 0 Å². The monoisotopic (exact) mass is 358 g/mol. The smallest absolute Gasteiger partial charge is 0.231 e. The molecule has 0 radical (unpaired) electrons. The number of aryl methyl sites for hydroxylation is 1. The van der Waals surface area contributed by atoms with E-state index in [4.69, 9.17) is 4.74 Å². The van der Waals surface area contributed by atoms with Gasteiger partial charge in [0, 0.05) is 29.8 Å². The van der Waals surface area contributed by atoms with Gasteiger partial charge >= 0.3 is 0 Å². The molecule has 0 aliphatic rings. The summed E-state index contributed by atoms with van der Waals surface area (Å²) < 4.78 is 5.26. The third-order valence-electron chi connectivity index (χ3n) is 3.97. The Labute approximate surface area is 156 Å². The highest BCUT2D eigenvalue weighted by Gasteiger charge is 2.11. The van der Waals surface area contributed by atoms with Crippen molar-refractivity contribution in [1.82, 2.24) is 19.9 Å². The lowest BCUT2D eigenvalue weighted by Crippen LogP contribution is -2.04. The van der Waals surface area contributed by atoms with Gasteiger partial charge in [0.25, 0.3) is 0 Å². The predicted octanol–water partition coefficient (Wildman–Crippen LogP) is 4.22. The van der Waals surface area contributed by atoms with E-state index in [-0.39, 0.29) is 0 Å². The molecule has 4 rings (SSSR count). The second-order valence-electron chi connectivity index (χ2n) is 5.97. The minimum Gasteiger partial charge on any atom is -0.497 e. The number of rotatable bonds is 5. The highest BCUT2D eigenvalue weighted by molar-refractivity contribution is 5.86. The summed E-state index contributed by atoms with van der Waals surface area (Å²) in [6.45, 7) is 2.05. The maximum Gasteiger partial charge on any atom is 0.231 e. The fraction of sp³-hybridized carbons (Fsp3) is 0.100. The zero-order chi connectivity index (χ0) is 18.6. The molecule has 0 saturated heterocycles. The molecular formula is C20H18N6O. The zero-order valence-corrected chi connectivity index (χ0v) is 15.0. The number of hydrogen-bond acceptors (Lipinski definition) is 7. The molecule has 7 nitrogen and oxygen atoms in total. The Morgan fingerprint density at radius 1 is 0.852 bits per heavy atom. The summed E-state index contributed by atoms with van der Waals surface area (Å²) in [6, 6.07) is 15.6. The van der Waals surface area contributed by atoms with Gasteiger partial charge in [-0.2, -0.15) is 9.97 Å². The van der Waals surface area contributed by atoms with Crippen LogP contribution in [0.4, 0.5) is 23.1 Å². The minimum absolute atomic E-state index is 0.422. The third kappa shape index (κ3) is 3.77. The predicted molar refractivity (Wildman–Crippen MR) is 106 cm³/mol. The number of aromatic nitrogens is 4. The van der Waals surface area contributed by atoms with Crippen LogP contribution in [-0.4, -0.2) is 27.0 Å². The van der Waals surface area contributed by atoms with E-state index in [9.17, 15) is 0 Å². The van der Waals surface area contributed by atoms with Crippen molar-refractivity contribution in [2.45, 2.75) is 6.92 Å². The first-order valence-electron chi connectivity index (χ1n) is 8.45. The lowest BCUT2D eigenvalue weighted by Gasteiger charge is -2.11. The van der Waals surface area contributed by atoms with Crippen molar-refractivity contribution in [2.75, 3.05) is 17.7 Å². The Hall–Kier alpha value is -3.74. The van der Waals surface area contributed by atoms with Crippen LogP contribution in [0.5, 0.6) is 5.75 Å². The molecule has 0 unspecified atom stereocenters. The van der Waals surface area contributed by atoms with E-state index in [0.29, 0.717) is 22.9 Å². The van der Waals surface area contributed by atoms with Crippen molar-refractivity contribution >= 4 is 34.3 Å². The van der Waals surface area contributed by atoms with Crippen molar-refractivity contribution in [1.29, 1.82) is 0 Å². The van der Waals surface area contributed by atoms with Crippen molar-refractivity contribution in [2.24, 2.45) is 0 Å². The van der Waals surface area contributed by atoms with Gasteiger partial charge < -0.3 is 15.4 Å². The van der Waals surface area contributed by atoms with E-state index in [1.807, 2.05) is 55.5 Å². The Kier molecular flexibility index (Phi) is 4.49. The normalized spacial score (nSPS) is 10.6. The van der Waals surface area contributed by atoms with Crippen LogP contribution >= 0.6 is 0 Å². The van der Waals surface area contributed by atoms with Gasteiger partial charge in [-0.3, -0.25) is 0 Å². The highest BCUT2D eigenvalue weighted by atomic mass is 16.5. The number of methoxy groups -OCH3 is 1. The lowest BCUT2D eigenvalue weighted by atomic mass is 10.2. The first-order chi connectivity index (χ1) is 13.2. The molecule has 134 valence electrons. The van der Waals surface area contributed by atoms with E-state index in [1.54, 1.807) is 19.5 Å². The molecular weight excluding hydrogens is 340 g/mol. The second kappa shape index (κ2) is 7.25. The summed E-state index contributed by atoms with van der Waals surface area (Å²) >= 11 is 0. The first-order valence-corrected chi connectivity index (χ1v) is 8.45. The third-order valence-corrected chi connectivity index (χ3v) is 3.97. The average molecular weight is 358 g/mol. The summed E-state index contributed by atoms with van der Waals surface area (Å²) in [4.78, 5) is 17.7. The molecule has 0 amide bonds. The van der Waals surface area contributed by atoms with Crippen LogP contribution in [0.15, 0.2) is 60.9 Å². The van der Waals surface area contributed by atoms with Crippen LogP contribution in [0.2, 0.25) is 0 Å². The number of anilines is 4. The van der Waals surface area contributed by atoms with Crippen molar-refractivity contribution < 1.29 is 4.74 Å². The van der Waals surface area contributed by atoms with Gasteiger partial charge in [0.1, 0.15) is 5.75 Å². The second-order valence-corrected chi connectivity index (χ2v) is 5.97. The summed E-state index contributed by atoms with van der Waals surface area (Å²) in [5.41, 5.74) is 4.03. The Morgan fingerprint density at radius 2 is 1.67 bits per heavy atom.